The summed E-state index contributed by atoms with van der Waals surface area (Å²) in [4.78, 5) is 10.9. The van der Waals surface area contributed by atoms with E-state index >= 15 is 0 Å². The second kappa shape index (κ2) is 6.15. The van der Waals surface area contributed by atoms with Crippen LogP contribution < -0.4 is 4.74 Å². The van der Waals surface area contributed by atoms with Crippen LogP contribution in [0.25, 0.3) is 0 Å². The summed E-state index contributed by atoms with van der Waals surface area (Å²) in [6.07, 6.45) is 0. The Balaban J connectivity index is 2.74. The van der Waals surface area contributed by atoms with E-state index in [-0.39, 0.29) is 12.2 Å². The first-order valence-electron chi connectivity index (χ1n) is 4.95. The third kappa shape index (κ3) is 3.67. The second-order valence-electron chi connectivity index (χ2n) is 3.14. The molecule has 0 unspecified atom stereocenters. The van der Waals surface area contributed by atoms with Gasteiger partial charge in [-0.1, -0.05) is 0 Å². The van der Waals surface area contributed by atoms with Crippen LogP contribution in [0.5, 0.6) is 5.75 Å². The summed E-state index contributed by atoms with van der Waals surface area (Å²) in [6, 6.07) is 1.87. The van der Waals surface area contributed by atoms with E-state index in [0.29, 0.717) is 0 Å². The van der Waals surface area contributed by atoms with Crippen molar-refractivity contribution in [3.8, 4) is 5.75 Å². The maximum absolute atomic E-state index is 13.3. The number of benzene rings is 1. The molecule has 17 heavy (non-hydrogen) atoms. The molecule has 0 heterocycles. The molecular formula is C11H12F2O4. The number of hydrogen-bond donors (Lipinski definition) is 1. The van der Waals surface area contributed by atoms with Gasteiger partial charge in [-0.2, -0.15) is 0 Å². The molecule has 0 aromatic heterocycles. The van der Waals surface area contributed by atoms with Crippen molar-refractivity contribution in [2.45, 2.75) is 13.5 Å². The Morgan fingerprint density at radius 2 is 1.94 bits per heavy atom. The molecule has 1 aromatic rings. The van der Waals surface area contributed by atoms with E-state index in [2.05, 4.69) is 9.47 Å². The quantitative estimate of drug-likeness (QED) is 0.798. The highest BCUT2D eigenvalue weighted by atomic mass is 19.1. The molecule has 0 atom stereocenters. The number of aliphatic hydroxyl groups is 1. The number of hydrogen-bond acceptors (Lipinski definition) is 4. The number of halogens is 2. The standard InChI is InChI=1S/C11H12F2O4/c1-2-16-10(15)6-17-11-8(12)3-7(5-14)4-9(11)13/h3-4,14H,2,5-6H2,1H3. The average molecular weight is 246 g/mol. The molecule has 0 amide bonds. The van der Waals surface area contributed by atoms with Gasteiger partial charge >= 0.3 is 5.97 Å². The van der Waals surface area contributed by atoms with E-state index in [9.17, 15) is 13.6 Å². The van der Waals surface area contributed by atoms with Crippen LogP contribution in [-0.2, 0) is 16.1 Å². The SMILES string of the molecule is CCOC(=O)COc1c(F)cc(CO)cc1F. The minimum atomic E-state index is -0.974. The Kier molecular flexibility index (Phi) is 4.84. The Morgan fingerprint density at radius 1 is 1.35 bits per heavy atom. The summed E-state index contributed by atoms with van der Waals surface area (Å²) in [5.41, 5.74) is 0.0866. The van der Waals surface area contributed by atoms with Gasteiger partial charge in [-0.25, -0.2) is 13.6 Å². The predicted octanol–water partition coefficient (Wildman–Crippen LogP) is 1.40. The molecule has 1 rings (SSSR count). The van der Waals surface area contributed by atoms with E-state index in [1.165, 1.54) is 0 Å². The van der Waals surface area contributed by atoms with Crippen LogP contribution in [0.15, 0.2) is 12.1 Å². The monoisotopic (exact) mass is 246 g/mol. The van der Waals surface area contributed by atoms with Gasteiger partial charge in [-0.3, -0.25) is 0 Å². The number of carbonyl (C=O) groups is 1. The van der Waals surface area contributed by atoms with Crippen LogP contribution in [0.1, 0.15) is 12.5 Å². The number of rotatable bonds is 5. The molecule has 1 aromatic carbocycles. The van der Waals surface area contributed by atoms with Gasteiger partial charge < -0.3 is 14.6 Å². The Morgan fingerprint density at radius 3 is 2.41 bits per heavy atom. The first kappa shape index (κ1) is 13.4. The zero-order valence-corrected chi connectivity index (χ0v) is 9.20. The summed E-state index contributed by atoms with van der Waals surface area (Å²) < 4.78 is 35.8. The zero-order chi connectivity index (χ0) is 12.8. The van der Waals surface area contributed by atoms with Gasteiger partial charge in [0.05, 0.1) is 13.2 Å². The Hall–Kier alpha value is -1.69. The van der Waals surface area contributed by atoms with Gasteiger partial charge in [0.25, 0.3) is 0 Å². The second-order valence-corrected chi connectivity index (χ2v) is 3.14. The molecule has 0 bridgehead atoms. The molecule has 0 saturated heterocycles. The van der Waals surface area contributed by atoms with Crippen molar-refractivity contribution in [1.29, 1.82) is 0 Å². The van der Waals surface area contributed by atoms with Crippen LogP contribution in [0.2, 0.25) is 0 Å². The molecule has 0 aliphatic rings. The molecule has 0 spiro atoms. The topological polar surface area (TPSA) is 55.8 Å². The van der Waals surface area contributed by atoms with E-state index in [0.717, 1.165) is 12.1 Å². The van der Waals surface area contributed by atoms with Crippen LogP contribution >= 0.6 is 0 Å². The lowest BCUT2D eigenvalue weighted by molar-refractivity contribution is -0.145. The Bertz CT molecular complexity index is 383. The molecule has 94 valence electrons. The van der Waals surface area contributed by atoms with Crippen molar-refractivity contribution in [2.24, 2.45) is 0 Å². The van der Waals surface area contributed by atoms with Gasteiger partial charge in [0.1, 0.15) is 0 Å². The van der Waals surface area contributed by atoms with Gasteiger partial charge in [-0.15, -0.1) is 0 Å². The fourth-order valence-corrected chi connectivity index (χ4v) is 1.18. The van der Waals surface area contributed by atoms with Crippen molar-refractivity contribution in [3.05, 3.63) is 29.3 Å². The van der Waals surface area contributed by atoms with Gasteiger partial charge in [0.15, 0.2) is 24.0 Å². The van der Waals surface area contributed by atoms with Crippen LogP contribution in [0, 0.1) is 11.6 Å². The molecule has 1 N–H and O–H groups in total. The van der Waals surface area contributed by atoms with Crippen LogP contribution in [0.4, 0.5) is 8.78 Å². The minimum absolute atomic E-state index is 0.0866. The number of esters is 1. The van der Waals surface area contributed by atoms with E-state index in [1.807, 2.05) is 0 Å². The van der Waals surface area contributed by atoms with Crippen LogP contribution in [-0.4, -0.2) is 24.3 Å². The molecule has 0 aliphatic carbocycles. The number of carbonyl (C=O) groups excluding carboxylic acids is 1. The highest BCUT2D eigenvalue weighted by Crippen LogP contribution is 2.23. The fourth-order valence-electron chi connectivity index (χ4n) is 1.18. The van der Waals surface area contributed by atoms with Gasteiger partial charge in [0.2, 0.25) is 0 Å². The Labute approximate surface area is 96.8 Å². The van der Waals surface area contributed by atoms with E-state index < -0.39 is 36.6 Å². The maximum Gasteiger partial charge on any atom is 0.344 e. The fraction of sp³-hybridized carbons (Fsp3) is 0.364. The summed E-state index contributed by atoms with van der Waals surface area (Å²) in [7, 11) is 0. The average Bonchev–Trinajstić information content (AvgIpc) is 2.28. The van der Waals surface area contributed by atoms with Crippen molar-refractivity contribution >= 4 is 5.97 Å². The summed E-state index contributed by atoms with van der Waals surface area (Å²) in [5, 5.41) is 8.72. The molecular weight excluding hydrogens is 234 g/mol. The molecule has 0 aliphatic heterocycles. The molecule has 0 radical (unpaired) electrons. The number of aliphatic hydroxyl groups excluding tert-OH is 1. The minimum Gasteiger partial charge on any atom is -0.476 e. The smallest absolute Gasteiger partial charge is 0.344 e. The largest absolute Gasteiger partial charge is 0.476 e. The van der Waals surface area contributed by atoms with Gasteiger partial charge in [-0.05, 0) is 24.6 Å². The lowest BCUT2D eigenvalue weighted by Gasteiger charge is -2.08. The van der Waals surface area contributed by atoms with Gasteiger partial charge in [0, 0.05) is 0 Å². The third-order valence-electron chi connectivity index (χ3n) is 1.88. The molecule has 6 heteroatoms. The first-order chi connectivity index (χ1) is 8.08. The molecule has 0 fully saturated rings. The predicted molar refractivity (Wildman–Crippen MR) is 54.4 cm³/mol. The molecule has 4 nitrogen and oxygen atoms in total. The highest BCUT2D eigenvalue weighted by molar-refractivity contribution is 5.71. The van der Waals surface area contributed by atoms with Crippen molar-refractivity contribution < 1.29 is 28.2 Å². The summed E-state index contributed by atoms with van der Waals surface area (Å²) in [5.74, 6) is -3.32. The van der Waals surface area contributed by atoms with Crippen molar-refractivity contribution in [3.63, 3.8) is 0 Å². The summed E-state index contributed by atoms with van der Waals surface area (Å²) in [6.45, 7) is 0.720. The first-order valence-corrected chi connectivity index (χ1v) is 4.95. The summed E-state index contributed by atoms with van der Waals surface area (Å²) >= 11 is 0. The number of ether oxygens (including phenoxy) is 2. The lowest BCUT2D eigenvalue weighted by atomic mass is 10.2. The normalized spacial score (nSPS) is 10.1. The third-order valence-corrected chi connectivity index (χ3v) is 1.88. The molecule has 0 saturated carbocycles. The van der Waals surface area contributed by atoms with Crippen molar-refractivity contribution in [1.82, 2.24) is 0 Å². The zero-order valence-electron chi connectivity index (χ0n) is 9.20. The highest BCUT2D eigenvalue weighted by Gasteiger charge is 2.14. The van der Waals surface area contributed by atoms with E-state index in [4.69, 9.17) is 5.11 Å². The lowest BCUT2D eigenvalue weighted by Crippen LogP contribution is -2.15. The maximum atomic E-state index is 13.3. The van der Waals surface area contributed by atoms with E-state index in [1.54, 1.807) is 6.92 Å². The van der Waals surface area contributed by atoms with Crippen LogP contribution in [0.3, 0.4) is 0 Å². The van der Waals surface area contributed by atoms with Crippen molar-refractivity contribution in [2.75, 3.05) is 13.2 Å².